The predicted molar refractivity (Wildman–Crippen MR) is 80.7 cm³/mol. The summed E-state index contributed by atoms with van der Waals surface area (Å²) in [6, 6.07) is 6.28. The molecule has 6 nitrogen and oxygen atoms in total. The van der Waals surface area contributed by atoms with Crippen molar-refractivity contribution in [3.8, 4) is 0 Å². The average molecular weight is 292 g/mol. The first-order valence-corrected chi connectivity index (χ1v) is 6.83. The molecule has 0 spiro atoms. The molecule has 0 aliphatic carbocycles. The Balaban J connectivity index is 2.59. The van der Waals surface area contributed by atoms with E-state index < -0.39 is 4.92 Å². The number of nitrogens with zero attached hydrogens (tertiary/aromatic N) is 2. The second kappa shape index (κ2) is 8.86. The number of amides is 1. The maximum absolute atomic E-state index is 11.9. The van der Waals surface area contributed by atoms with Crippen molar-refractivity contribution < 1.29 is 14.8 Å². The highest BCUT2D eigenvalue weighted by Crippen LogP contribution is 2.18. The molecule has 21 heavy (non-hydrogen) atoms. The van der Waals surface area contributed by atoms with Crippen molar-refractivity contribution in [2.24, 2.45) is 0 Å². The third-order valence-electron chi connectivity index (χ3n) is 3.07. The Bertz CT molecular complexity index is 514. The van der Waals surface area contributed by atoms with Crippen molar-refractivity contribution in [2.75, 3.05) is 20.2 Å². The van der Waals surface area contributed by atoms with E-state index in [1.54, 1.807) is 30.1 Å². The molecular formula is C15H20N2O4. The zero-order chi connectivity index (χ0) is 15.7. The summed E-state index contributed by atoms with van der Waals surface area (Å²) in [7, 11) is 1.69. The summed E-state index contributed by atoms with van der Waals surface area (Å²) in [5, 5.41) is 19.5. The van der Waals surface area contributed by atoms with Gasteiger partial charge in [-0.3, -0.25) is 14.9 Å². The zero-order valence-electron chi connectivity index (χ0n) is 12.1. The minimum Gasteiger partial charge on any atom is -0.396 e. The first-order chi connectivity index (χ1) is 10.1. The summed E-state index contributed by atoms with van der Waals surface area (Å²) >= 11 is 0. The van der Waals surface area contributed by atoms with Crippen LogP contribution >= 0.6 is 0 Å². The summed E-state index contributed by atoms with van der Waals surface area (Å²) in [5.74, 6) is -0.197. The number of hydrogen-bond donors (Lipinski definition) is 1. The van der Waals surface area contributed by atoms with Gasteiger partial charge in [-0.15, -0.1) is 0 Å². The van der Waals surface area contributed by atoms with Crippen molar-refractivity contribution in [3.05, 3.63) is 46.0 Å². The number of carbonyl (C=O) groups is 1. The van der Waals surface area contributed by atoms with E-state index >= 15 is 0 Å². The highest BCUT2D eigenvalue weighted by molar-refractivity contribution is 5.92. The van der Waals surface area contributed by atoms with Crippen molar-refractivity contribution in [1.29, 1.82) is 0 Å². The zero-order valence-corrected chi connectivity index (χ0v) is 12.1. The SMILES string of the molecule is CN(CCCCCO)C(=O)/C=C/c1ccccc1[N+](=O)[O-]. The van der Waals surface area contributed by atoms with Gasteiger partial charge in [0, 0.05) is 32.3 Å². The molecule has 0 bridgehead atoms. The van der Waals surface area contributed by atoms with Gasteiger partial charge < -0.3 is 10.0 Å². The molecule has 0 fully saturated rings. The number of aliphatic hydroxyl groups excluding tert-OH is 1. The lowest BCUT2D eigenvalue weighted by Gasteiger charge is -2.14. The third kappa shape index (κ3) is 5.74. The Morgan fingerprint density at radius 2 is 2.05 bits per heavy atom. The Labute approximate surface area is 123 Å². The van der Waals surface area contributed by atoms with Crippen LogP contribution < -0.4 is 0 Å². The Morgan fingerprint density at radius 1 is 1.33 bits per heavy atom. The van der Waals surface area contributed by atoms with Crippen LogP contribution in [-0.2, 0) is 4.79 Å². The minimum atomic E-state index is -0.469. The number of unbranched alkanes of at least 4 members (excludes halogenated alkanes) is 2. The van der Waals surface area contributed by atoms with Gasteiger partial charge in [-0.25, -0.2) is 0 Å². The molecule has 6 heteroatoms. The van der Waals surface area contributed by atoms with Gasteiger partial charge in [-0.05, 0) is 31.4 Å². The fourth-order valence-corrected chi connectivity index (χ4v) is 1.83. The maximum Gasteiger partial charge on any atom is 0.276 e. The molecule has 0 saturated carbocycles. The lowest BCUT2D eigenvalue weighted by Crippen LogP contribution is -2.25. The molecular weight excluding hydrogens is 272 g/mol. The van der Waals surface area contributed by atoms with Gasteiger partial charge in [0.2, 0.25) is 5.91 Å². The molecule has 0 radical (unpaired) electrons. The number of nitro benzene ring substituents is 1. The molecule has 0 heterocycles. The number of likely N-dealkylation sites (N-methyl/N-ethyl adjacent to an activating group) is 1. The molecule has 1 amide bonds. The molecule has 0 aromatic heterocycles. The second-order valence-electron chi connectivity index (χ2n) is 4.69. The Hall–Kier alpha value is -2.21. The van der Waals surface area contributed by atoms with E-state index in [1.807, 2.05) is 0 Å². The second-order valence-corrected chi connectivity index (χ2v) is 4.69. The van der Waals surface area contributed by atoms with Crippen molar-refractivity contribution in [3.63, 3.8) is 0 Å². The van der Waals surface area contributed by atoms with E-state index in [-0.39, 0.29) is 18.2 Å². The highest BCUT2D eigenvalue weighted by Gasteiger charge is 2.10. The Morgan fingerprint density at radius 3 is 2.71 bits per heavy atom. The molecule has 0 saturated heterocycles. The first-order valence-electron chi connectivity index (χ1n) is 6.83. The van der Waals surface area contributed by atoms with Gasteiger partial charge in [0.25, 0.3) is 5.69 Å². The number of para-hydroxylation sites is 1. The maximum atomic E-state index is 11.9. The van der Waals surface area contributed by atoms with Crippen LogP contribution in [0.3, 0.4) is 0 Å². The van der Waals surface area contributed by atoms with Gasteiger partial charge in [-0.2, -0.15) is 0 Å². The van der Waals surface area contributed by atoms with Gasteiger partial charge in [-0.1, -0.05) is 12.1 Å². The predicted octanol–water partition coefficient (Wildman–Crippen LogP) is 2.23. The molecule has 0 aliphatic heterocycles. The van der Waals surface area contributed by atoms with Gasteiger partial charge >= 0.3 is 0 Å². The molecule has 1 rings (SSSR count). The minimum absolute atomic E-state index is 0.0212. The third-order valence-corrected chi connectivity index (χ3v) is 3.07. The van der Waals surface area contributed by atoms with Crippen LogP contribution in [0.15, 0.2) is 30.3 Å². The summed E-state index contributed by atoms with van der Waals surface area (Å²) in [6.07, 6.45) is 5.22. The fraction of sp³-hybridized carbons (Fsp3) is 0.400. The molecule has 0 aliphatic rings. The number of aliphatic hydroxyl groups is 1. The molecule has 114 valence electrons. The normalized spacial score (nSPS) is 10.8. The van der Waals surface area contributed by atoms with Crippen LogP contribution in [0.5, 0.6) is 0 Å². The number of rotatable bonds is 8. The summed E-state index contributed by atoms with van der Waals surface area (Å²) in [6.45, 7) is 0.759. The van der Waals surface area contributed by atoms with E-state index in [0.717, 1.165) is 19.3 Å². The van der Waals surface area contributed by atoms with Crippen molar-refractivity contribution >= 4 is 17.7 Å². The highest BCUT2D eigenvalue weighted by atomic mass is 16.6. The van der Waals surface area contributed by atoms with Crippen LogP contribution in [0.25, 0.3) is 6.08 Å². The standard InChI is InChI=1S/C15H20N2O4/c1-16(11-5-2-6-12-18)15(19)10-9-13-7-3-4-8-14(13)17(20)21/h3-4,7-10,18H,2,5-6,11-12H2,1H3/b10-9+. The number of nitro groups is 1. The van der Waals surface area contributed by atoms with E-state index in [2.05, 4.69) is 0 Å². The molecule has 1 aromatic carbocycles. The van der Waals surface area contributed by atoms with E-state index in [1.165, 1.54) is 18.2 Å². The fourth-order valence-electron chi connectivity index (χ4n) is 1.83. The largest absolute Gasteiger partial charge is 0.396 e. The number of hydrogen-bond acceptors (Lipinski definition) is 4. The van der Waals surface area contributed by atoms with Gasteiger partial charge in [0.1, 0.15) is 0 Å². The summed E-state index contributed by atoms with van der Waals surface area (Å²) in [5.41, 5.74) is 0.386. The Kier molecular flexibility index (Phi) is 7.11. The lowest BCUT2D eigenvalue weighted by molar-refractivity contribution is -0.385. The summed E-state index contributed by atoms with van der Waals surface area (Å²) in [4.78, 5) is 23.8. The molecule has 0 atom stereocenters. The summed E-state index contributed by atoms with van der Waals surface area (Å²) < 4.78 is 0. The molecule has 1 N–H and O–H groups in total. The molecule has 0 unspecified atom stereocenters. The number of benzene rings is 1. The topological polar surface area (TPSA) is 83.7 Å². The van der Waals surface area contributed by atoms with Crippen molar-refractivity contribution in [1.82, 2.24) is 4.90 Å². The van der Waals surface area contributed by atoms with Crippen LogP contribution in [0.2, 0.25) is 0 Å². The quantitative estimate of drug-likeness (QED) is 0.344. The number of carbonyl (C=O) groups excluding carboxylic acids is 1. The smallest absolute Gasteiger partial charge is 0.276 e. The molecule has 1 aromatic rings. The van der Waals surface area contributed by atoms with Crippen LogP contribution in [0.1, 0.15) is 24.8 Å². The first kappa shape index (κ1) is 16.8. The van der Waals surface area contributed by atoms with E-state index in [9.17, 15) is 14.9 Å². The van der Waals surface area contributed by atoms with Crippen molar-refractivity contribution in [2.45, 2.75) is 19.3 Å². The van der Waals surface area contributed by atoms with E-state index in [4.69, 9.17) is 5.11 Å². The van der Waals surface area contributed by atoms with Crippen LogP contribution in [0.4, 0.5) is 5.69 Å². The monoisotopic (exact) mass is 292 g/mol. The van der Waals surface area contributed by atoms with Crippen LogP contribution in [-0.4, -0.2) is 41.0 Å². The van der Waals surface area contributed by atoms with Gasteiger partial charge in [0.05, 0.1) is 10.5 Å². The average Bonchev–Trinajstić information content (AvgIpc) is 2.49. The van der Waals surface area contributed by atoms with E-state index in [0.29, 0.717) is 12.1 Å². The lowest BCUT2D eigenvalue weighted by atomic mass is 10.1. The van der Waals surface area contributed by atoms with Crippen LogP contribution in [0, 0.1) is 10.1 Å². The van der Waals surface area contributed by atoms with Gasteiger partial charge in [0.15, 0.2) is 0 Å².